The van der Waals surface area contributed by atoms with E-state index in [2.05, 4.69) is 67.8 Å². The van der Waals surface area contributed by atoms with Crippen LogP contribution in [0.2, 0.25) is 0 Å². The summed E-state index contributed by atoms with van der Waals surface area (Å²) in [5, 5.41) is 6.53. The minimum absolute atomic E-state index is 0.0169. The molecule has 8 rings (SSSR count). The smallest absolute Gasteiger partial charge is 0.251 e. The maximum atomic E-state index is 14.1. The fourth-order valence-corrected chi connectivity index (χ4v) is 8.20. The summed E-state index contributed by atoms with van der Waals surface area (Å²) in [4.78, 5) is 43.6. The summed E-state index contributed by atoms with van der Waals surface area (Å²) >= 11 is 0. The lowest BCUT2D eigenvalue weighted by Gasteiger charge is -2.52. The average Bonchev–Trinajstić information content (AvgIpc) is 3.58. The number of carbonyl (C=O) groups is 3. The normalized spacial score (nSPS) is 21.9. The Hall–Kier alpha value is -4.71. The van der Waals surface area contributed by atoms with E-state index in [1.165, 1.54) is 5.56 Å². The highest BCUT2D eigenvalue weighted by atomic mass is 16.2. The summed E-state index contributed by atoms with van der Waals surface area (Å²) in [5.74, 6) is -0.144. The standard InChI is InChI=1S/C43H47N3O3/c1-41(2,3)34-19-17-30(18-20-34)35-15-9-10-16-36(35)38(47)44-29-42-21-24-43(25-22-42,26-23-42)40(49)45-37(31-11-5-4-6-12-31)39(48)46-27-32-13-7-8-14-33(32)28-46/h4-20,37H,21-29H2,1-3H3,(H,44,47)(H,45,49)/t37-,42?,43?/m0/s1. The van der Waals surface area contributed by atoms with Crippen LogP contribution in [0.5, 0.6) is 0 Å². The highest BCUT2D eigenvalue weighted by Crippen LogP contribution is 2.57. The van der Waals surface area contributed by atoms with Gasteiger partial charge in [-0.3, -0.25) is 14.4 Å². The predicted octanol–water partition coefficient (Wildman–Crippen LogP) is 8.12. The number of amides is 3. The molecule has 3 amide bonds. The molecule has 0 aromatic heterocycles. The average molecular weight is 654 g/mol. The van der Waals surface area contributed by atoms with Crippen LogP contribution in [0.15, 0.2) is 103 Å². The van der Waals surface area contributed by atoms with Gasteiger partial charge in [0, 0.05) is 30.6 Å². The highest BCUT2D eigenvalue weighted by molar-refractivity contribution is 6.01. The maximum absolute atomic E-state index is 14.1. The third-order valence-electron chi connectivity index (χ3n) is 11.5. The zero-order chi connectivity index (χ0) is 34.2. The van der Waals surface area contributed by atoms with Crippen LogP contribution in [0.3, 0.4) is 0 Å². The Bertz CT molecular complexity index is 1810. The predicted molar refractivity (Wildman–Crippen MR) is 194 cm³/mol. The molecule has 6 heteroatoms. The summed E-state index contributed by atoms with van der Waals surface area (Å²) < 4.78 is 0. The Morgan fingerprint density at radius 1 is 0.714 bits per heavy atom. The molecule has 4 aromatic rings. The lowest BCUT2D eigenvalue weighted by Crippen LogP contribution is -2.54. The molecule has 1 aliphatic heterocycles. The molecule has 49 heavy (non-hydrogen) atoms. The topological polar surface area (TPSA) is 78.5 Å². The van der Waals surface area contributed by atoms with Crippen molar-refractivity contribution in [1.82, 2.24) is 15.5 Å². The number of fused-ring (bicyclic) bond motifs is 4. The van der Waals surface area contributed by atoms with E-state index in [1.807, 2.05) is 71.6 Å². The van der Waals surface area contributed by atoms with Crippen LogP contribution in [-0.2, 0) is 28.1 Å². The number of carbonyl (C=O) groups excluding carboxylic acids is 3. The fraction of sp³-hybridized carbons (Fsp3) is 0.372. The van der Waals surface area contributed by atoms with Gasteiger partial charge in [0.15, 0.2) is 0 Å². The van der Waals surface area contributed by atoms with Crippen LogP contribution < -0.4 is 10.6 Å². The van der Waals surface area contributed by atoms with Gasteiger partial charge >= 0.3 is 0 Å². The van der Waals surface area contributed by atoms with Crippen molar-refractivity contribution in [2.24, 2.45) is 10.8 Å². The molecule has 3 saturated carbocycles. The molecule has 0 unspecified atom stereocenters. The van der Waals surface area contributed by atoms with Gasteiger partial charge < -0.3 is 15.5 Å². The van der Waals surface area contributed by atoms with Gasteiger partial charge in [0.25, 0.3) is 5.91 Å². The Labute approximate surface area is 290 Å². The Morgan fingerprint density at radius 2 is 1.29 bits per heavy atom. The highest BCUT2D eigenvalue weighted by Gasteiger charge is 2.53. The molecule has 4 aliphatic rings. The van der Waals surface area contributed by atoms with E-state index in [9.17, 15) is 14.4 Å². The number of nitrogens with zero attached hydrogens (tertiary/aromatic N) is 1. The minimum atomic E-state index is -0.727. The van der Waals surface area contributed by atoms with Crippen LogP contribution in [0.25, 0.3) is 11.1 Å². The lowest BCUT2D eigenvalue weighted by atomic mass is 9.53. The van der Waals surface area contributed by atoms with Gasteiger partial charge in [0.05, 0.1) is 0 Å². The molecule has 2 N–H and O–H groups in total. The molecule has 3 aliphatic carbocycles. The summed E-state index contributed by atoms with van der Waals surface area (Å²) in [7, 11) is 0. The minimum Gasteiger partial charge on any atom is -0.351 e. The fourth-order valence-electron chi connectivity index (χ4n) is 8.20. The number of hydrogen-bond donors (Lipinski definition) is 2. The van der Waals surface area contributed by atoms with Crippen LogP contribution in [0.1, 0.15) is 97.9 Å². The summed E-state index contributed by atoms with van der Waals surface area (Å²) in [6, 6.07) is 33.4. The van der Waals surface area contributed by atoms with Crippen LogP contribution in [0, 0.1) is 10.8 Å². The van der Waals surface area contributed by atoms with Crippen molar-refractivity contribution in [3.63, 3.8) is 0 Å². The quantitative estimate of drug-likeness (QED) is 0.202. The van der Waals surface area contributed by atoms with Crippen LogP contribution in [-0.4, -0.2) is 29.2 Å². The molecule has 0 saturated heterocycles. The second-order valence-corrected chi connectivity index (χ2v) is 15.6. The molecule has 6 nitrogen and oxygen atoms in total. The molecule has 3 fully saturated rings. The SMILES string of the molecule is CC(C)(C)c1ccc(-c2ccccc2C(=O)NCC23CCC(C(=O)N[C@H](C(=O)N4Cc5ccccc5C4)c4ccccc4)(CC2)CC3)cc1. The van der Waals surface area contributed by atoms with E-state index in [-0.39, 0.29) is 28.6 Å². The van der Waals surface area contributed by atoms with Crippen molar-refractivity contribution in [2.75, 3.05) is 6.54 Å². The van der Waals surface area contributed by atoms with E-state index in [0.717, 1.165) is 66.3 Å². The third-order valence-corrected chi connectivity index (χ3v) is 11.5. The number of nitrogens with one attached hydrogen (secondary N) is 2. The van der Waals surface area contributed by atoms with Crippen molar-refractivity contribution < 1.29 is 14.4 Å². The van der Waals surface area contributed by atoms with Crippen LogP contribution >= 0.6 is 0 Å². The van der Waals surface area contributed by atoms with Gasteiger partial charge in [0.2, 0.25) is 11.8 Å². The van der Waals surface area contributed by atoms with Crippen molar-refractivity contribution in [2.45, 2.75) is 83.8 Å². The first-order valence-corrected chi connectivity index (χ1v) is 17.8. The van der Waals surface area contributed by atoms with E-state index >= 15 is 0 Å². The third kappa shape index (κ3) is 6.53. The molecule has 4 aromatic carbocycles. The first kappa shape index (κ1) is 32.8. The molecular formula is C43H47N3O3. The second-order valence-electron chi connectivity index (χ2n) is 15.6. The summed E-state index contributed by atoms with van der Waals surface area (Å²) in [5.41, 5.74) is 6.60. The van der Waals surface area contributed by atoms with E-state index in [4.69, 9.17) is 0 Å². The van der Waals surface area contributed by atoms with Gasteiger partial charge in [-0.25, -0.2) is 0 Å². The maximum Gasteiger partial charge on any atom is 0.251 e. The molecule has 2 bridgehead atoms. The van der Waals surface area contributed by atoms with Crippen molar-refractivity contribution in [1.29, 1.82) is 0 Å². The van der Waals surface area contributed by atoms with Gasteiger partial charge in [-0.05, 0) is 88.8 Å². The van der Waals surface area contributed by atoms with Gasteiger partial charge in [0.1, 0.15) is 6.04 Å². The first-order valence-electron chi connectivity index (χ1n) is 17.8. The molecule has 1 heterocycles. The summed E-state index contributed by atoms with van der Waals surface area (Å²) in [6.07, 6.45) is 4.91. The van der Waals surface area contributed by atoms with E-state index in [0.29, 0.717) is 25.2 Å². The first-order chi connectivity index (χ1) is 23.6. The number of hydrogen-bond acceptors (Lipinski definition) is 3. The Morgan fingerprint density at radius 3 is 1.90 bits per heavy atom. The summed E-state index contributed by atoms with van der Waals surface area (Å²) in [6.45, 7) is 8.32. The Kier molecular flexibility index (Phi) is 8.68. The second kappa shape index (κ2) is 13.0. The van der Waals surface area contributed by atoms with Gasteiger partial charge in [-0.15, -0.1) is 0 Å². The Balaban J connectivity index is 1.00. The monoisotopic (exact) mass is 653 g/mol. The van der Waals surface area contributed by atoms with Crippen LogP contribution in [0.4, 0.5) is 0 Å². The molecule has 0 spiro atoms. The number of benzene rings is 4. The molecular weight excluding hydrogens is 606 g/mol. The molecule has 0 radical (unpaired) electrons. The number of rotatable bonds is 8. The molecule has 252 valence electrons. The van der Waals surface area contributed by atoms with E-state index in [1.54, 1.807) is 0 Å². The largest absolute Gasteiger partial charge is 0.351 e. The molecule has 1 atom stereocenters. The van der Waals surface area contributed by atoms with Crippen molar-refractivity contribution in [3.05, 3.63) is 131 Å². The zero-order valence-corrected chi connectivity index (χ0v) is 28.9. The van der Waals surface area contributed by atoms with Gasteiger partial charge in [-0.1, -0.05) is 118 Å². The van der Waals surface area contributed by atoms with Gasteiger partial charge in [-0.2, -0.15) is 0 Å². The van der Waals surface area contributed by atoms with E-state index < -0.39 is 11.5 Å². The van der Waals surface area contributed by atoms with Crippen molar-refractivity contribution >= 4 is 17.7 Å². The zero-order valence-electron chi connectivity index (χ0n) is 28.9. The lowest BCUT2D eigenvalue weighted by molar-refractivity contribution is -0.145. The van der Waals surface area contributed by atoms with Crippen molar-refractivity contribution in [3.8, 4) is 11.1 Å².